The zero-order valence-electron chi connectivity index (χ0n) is 15.5. The number of hydrogen-bond donors (Lipinski definition) is 2. The van der Waals surface area contributed by atoms with Gasteiger partial charge in [0.2, 0.25) is 0 Å². The van der Waals surface area contributed by atoms with Gasteiger partial charge in [-0.1, -0.05) is 19.9 Å². The Bertz CT molecular complexity index is 725. The molecule has 142 valence electrons. The van der Waals surface area contributed by atoms with Gasteiger partial charge in [0.1, 0.15) is 0 Å². The lowest BCUT2D eigenvalue weighted by molar-refractivity contribution is -0.130. The minimum atomic E-state index is -0.777. The Morgan fingerprint density at radius 1 is 1.27 bits per heavy atom. The topological polar surface area (TPSA) is 96.3 Å². The van der Waals surface area contributed by atoms with Crippen molar-refractivity contribution >= 4 is 11.7 Å². The van der Waals surface area contributed by atoms with Crippen LogP contribution in [0.3, 0.4) is 0 Å². The van der Waals surface area contributed by atoms with Crippen molar-refractivity contribution in [3.8, 4) is 11.5 Å². The molecule has 1 aromatic carbocycles. The van der Waals surface area contributed by atoms with Crippen LogP contribution in [0.4, 0.5) is 0 Å². The van der Waals surface area contributed by atoms with Gasteiger partial charge >= 0.3 is 0 Å². The zero-order chi connectivity index (χ0) is 19.4. The molecule has 0 fully saturated rings. The predicted octanol–water partition coefficient (Wildman–Crippen LogP) is 2.36. The van der Waals surface area contributed by atoms with Gasteiger partial charge in [0, 0.05) is 20.1 Å². The number of Topliss-reactive ketones (excluding diaryl/α,β-unsaturated/α-hetero) is 1. The van der Waals surface area contributed by atoms with E-state index >= 15 is 0 Å². The monoisotopic (exact) mass is 363 g/mol. The molecule has 26 heavy (non-hydrogen) atoms. The van der Waals surface area contributed by atoms with E-state index in [1.54, 1.807) is 12.1 Å². The SMILES string of the molecule is COCCN1C(=O)C(O)=C(C(=O)CC(C)C)C1c1ccc(OC)c(O)c1. The highest BCUT2D eigenvalue weighted by atomic mass is 16.5. The summed E-state index contributed by atoms with van der Waals surface area (Å²) in [5.41, 5.74) is 0.577. The number of amides is 1. The average Bonchev–Trinajstić information content (AvgIpc) is 2.83. The normalized spacial score (nSPS) is 17.3. The lowest BCUT2D eigenvalue weighted by Crippen LogP contribution is -2.34. The van der Waals surface area contributed by atoms with Crippen LogP contribution in [0.1, 0.15) is 31.9 Å². The quantitative estimate of drug-likeness (QED) is 0.736. The Labute approximate surface area is 152 Å². The van der Waals surface area contributed by atoms with Crippen LogP contribution in [0, 0.1) is 5.92 Å². The molecule has 1 amide bonds. The molecule has 0 radical (unpaired) electrons. The number of phenolic OH excluding ortho intramolecular Hbond substituents is 1. The number of methoxy groups -OCH3 is 2. The number of aliphatic hydroxyl groups is 1. The predicted molar refractivity (Wildman–Crippen MR) is 95.1 cm³/mol. The number of ketones is 1. The van der Waals surface area contributed by atoms with Gasteiger partial charge < -0.3 is 24.6 Å². The molecule has 1 unspecified atom stereocenters. The number of carbonyl (C=O) groups excluding carboxylic acids is 2. The van der Waals surface area contributed by atoms with Gasteiger partial charge in [-0.2, -0.15) is 0 Å². The summed E-state index contributed by atoms with van der Waals surface area (Å²) in [6, 6.07) is 3.89. The van der Waals surface area contributed by atoms with Crippen LogP contribution in [-0.4, -0.2) is 54.2 Å². The summed E-state index contributed by atoms with van der Waals surface area (Å²) < 4.78 is 10.1. The smallest absolute Gasteiger partial charge is 0.290 e. The lowest BCUT2D eigenvalue weighted by atomic mass is 9.92. The summed E-state index contributed by atoms with van der Waals surface area (Å²) in [4.78, 5) is 26.6. The second-order valence-corrected chi connectivity index (χ2v) is 6.61. The van der Waals surface area contributed by atoms with Crippen LogP contribution >= 0.6 is 0 Å². The van der Waals surface area contributed by atoms with E-state index < -0.39 is 17.7 Å². The van der Waals surface area contributed by atoms with Crippen LogP contribution in [0.5, 0.6) is 11.5 Å². The molecule has 7 heteroatoms. The minimum Gasteiger partial charge on any atom is -0.504 e. The summed E-state index contributed by atoms with van der Waals surface area (Å²) in [7, 11) is 2.94. The highest BCUT2D eigenvalue weighted by Gasteiger charge is 2.43. The van der Waals surface area contributed by atoms with Crippen LogP contribution in [0.15, 0.2) is 29.5 Å². The van der Waals surface area contributed by atoms with Gasteiger partial charge in [0.05, 0.1) is 25.3 Å². The van der Waals surface area contributed by atoms with Gasteiger partial charge in [-0.3, -0.25) is 9.59 Å². The van der Waals surface area contributed by atoms with Crippen molar-refractivity contribution in [3.63, 3.8) is 0 Å². The maximum Gasteiger partial charge on any atom is 0.290 e. The van der Waals surface area contributed by atoms with E-state index in [-0.39, 0.29) is 48.3 Å². The molecular weight excluding hydrogens is 338 g/mol. The summed E-state index contributed by atoms with van der Waals surface area (Å²) >= 11 is 0. The highest BCUT2D eigenvalue weighted by molar-refractivity contribution is 6.09. The third-order valence-electron chi connectivity index (χ3n) is 4.25. The van der Waals surface area contributed by atoms with Gasteiger partial charge in [-0.25, -0.2) is 0 Å². The number of ether oxygens (including phenoxy) is 2. The van der Waals surface area contributed by atoms with Gasteiger partial charge in [-0.15, -0.1) is 0 Å². The van der Waals surface area contributed by atoms with Crippen molar-refractivity contribution in [3.05, 3.63) is 35.1 Å². The molecule has 7 nitrogen and oxygen atoms in total. The molecule has 0 aromatic heterocycles. The first-order valence-electron chi connectivity index (χ1n) is 8.44. The number of rotatable bonds is 8. The standard InChI is InChI=1S/C19H25NO6/c1-11(2)9-14(22)16-17(12-5-6-15(26-4)13(21)10-12)20(7-8-25-3)19(24)18(16)23/h5-6,10-11,17,21,23H,7-9H2,1-4H3. The molecule has 2 rings (SSSR count). The molecule has 2 N–H and O–H groups in total. The lowest BCUT2D eigenvalue weighted by Gasteiger charge is -2.27. The number of aliphatic hydroxyl groups excluding tert-OH is 1. The maximum absolute atomic E-state index is 12.7. The van der Waals surface area contributed by atoms with Crippen molar-refractivity contribution in [2.45, 2.75) is 26.3 Å². The molecule has 1 aliphatic rings. The van der Waals surface area contributed by atoms with Crippen molar-refractivity contribution in [2.24, 2.45) is 5.92 Å². The number of aromatic hydroxyl groups is 1. The first-order valence-corrected chi connectivity index (χ1v) is 8.44. The fourth-order valence-electron chi connectivity index (χ4n) is 3.06. The third-order valence-corrected chi connectivity index (χ3v) is 4.25. The average molecular weight is 363 g/mol. The first kappa shape index (κ1) is 19.8. The fraction of sp³-hybridized carbons (Fsp3) is 0.474. The molecule has 1 heterocycles. The van der Waals surface area contributed by atoms with E-state index in [0.717, 1.165) is 0 Å². The zero-order valence-corrected chi connectivity index (χ0v) is 15.5. The number of carbonyl (C=O) groups is 2. The van der Waals surface area contributed by atoms with E-state index in [9.17, 15) is 19.8 Å². The molecule has 0 bridgehead atoms. The van der Waals surface area contributed by atoms with Gasteiger partial charge in [0.25, 0.3) is 5.91 Å². The highest BCUT2D eigenvalue weighted by Crippen LogP contribution is 2.40. The molecule has 1 atom stereocenters. The summed E-state index contributed by atoms with van der Waals surface area (Å²) in [5.74, 6) is -1.18. The Hall–Kier alpha value is -2.54. The number of hydrogen-bond acceptors (Lipinski definition) is 6. The van der Waals surface area contributed by atoms with Crippen molar-refractivity contribution < 1.29 is 29.3 Å². The van der Waals surface area contributed by atoms with Crippen molar-refractivity contribution in [1.29, 1.82) is 0 Å². The number of benzene rings is 1. The third kappa shape index (κ3) is 3.83. The Morgan fingerprint density at radius 2 is 1.96 bits per heavy atom. The largest absolute Gasteiger partial charge is 0.504 e. The minimum absolute atomic E-state index is 0.0596. The van der Waals surface area contributed by atoms with Gasteiger partial charge in [0.15, 0.2) is 23.0 Å². The summed E-state index contributed by atoms with van der Waals surface area (Å²) in [5, 5.41) is 20.5. The van der Waals surface area contributed by atoms with E-state index in [4.69, 9.17) is 9.47 Å². The fourth-order valence-corrected chi connectivity index (χ4v) is 3.06. The van der Waals surface area contributed by atoms with E-state index in [2.05, 4.69) is 0 Å². The molecule has 1 aromatic rings. The van der Waals surface area contributed by atoms with Crippen molar-refractivity contribution in [1.82, 2.24) is 4.90 Å². The van der Waals surface area contributed by atoms with Crippen LogP contribution in [0.25, 0.3) is 0 Å². The second kappa shape index (κ2) is 8.23. The van der Waals surface area contributed by atoms with E-state index in [0.29, 0.717) is 5.56 Å². The van der Waals surface area contributed by atoms with Gasteiger partial charge in [-0.05, 0) is 23.6 Å². The Balaban J connectivity index is 2.50. The molecular formula is C19H25NO6. The summed E-state index contributed by atoms with van der Waals surface area (Å²) in [6.45, 7) is 4.24. The summed E-state index contributed by atoms with van der Waals surface area (Å²) in [6.07, 6.45) is 0.212. The Kier molecular flexibility index (Phi) is 6.26. The van der Waals surface area contributed by atoms with Crippen molar-refractivity contribution in [2.75, 3.05) is 27.4 Å². The van der Waals surface area contributed by atoms with Crippen LogP contribution < -0.4 is 4.74 Å². The molecule has 0 spiro atoms. The maximum atomic E-state index is 12.7. The molecule has 0 aliphatic carbocycles. The number of nitrogens with zero attached hydrogens (tertiary/aromatic N) is 1. The Morgan fingerprint density at radius 3 is 2.50 bits per heavy atom. The molecule has 1 aliphatic heterocycles. The first-order chi connectivity index (χ1) is 12.3. The number of phenols is 1. The molecule has 0 saturated heterocycles. The van der Waals surface area contributed by atoms with Crippen LogP contribution in [-0.2, 0) is 14.3 Å². The van der Waals surface area contributed by atoms with E-state index in [1.807, 2.05) is 13.8 Å². The second-order valence-electron chi connectivity index (χ2n) is 6.61. The van der Waals surface area contributed by atoms with Crippen LogP contribution in [0.2, 0.25) is 0 Å². The molecule has 0 saturated carbocycles. The van der Waals surface area contributed by atoms with E-state index in [1.165, 1.54) is 25.2 Å².